The molecule has 1 saturated heterocycles. The van der Waals surface area contributed by atoms with Crippen LogP contribution >= 0.6 is 0 Å². The van der Waals surface area contributed by atoms with E-state index in [1.165, 1.54) is 19.3 Å². The number of aromatic nitrogens is 2. The molecule has 1 aromatic carbocycles. The maximum Gasteiger partial charge on any atom is 0.315 e. The van der Waals surface area contributed by atoms with Gasteiger partial charge in [-0.05, 0) is 55.7 Å². The number of benzene rings is 1. The lowest BCUT2D eigenvalue weighted by Gasteiger charge is -2.47. The molecule has 2 heterocycles. The van der Waals surface area contributed by atoms with E-state index < -0.39 is 6.04 Å². The number of Topliss-reactive ketones (excluding diaryl/α,β-unsaturated/α-hetero) is 1. The summed E-state index contributed by atoms with van der Waals surface area (Å²) in [5.74, 6) is 1.45. The van der Waals surface area contributed by atoms with Crippen LogP contribution in [-0.2, 0) is 22.4 Å². The summed E-state index contributed by atoms with van der Waals surface area (Å²) in [6, 6.07) is 6.47. The lowest BCUT2D eigenvalue weighted by molar-refractivity contribution is -0.144. The number of carbonyl (C=O) groups is 3. The van der Waals surface area contributed by atoms with Crippen LogP contribution in [0, 0.1) is 11.3 Å². The highest BCUT2D eigenvalue weighted by Gasteiger charge is 2.47. The Balaban J connectivity index is 1.43. The molecule has 2 fully saturated rings. The highest BCUT2D eigenvalue weighted by molar-refractivity contribution is 5.88. The van der Waals surface area contributed by atoms with Crippen LogP contribution in [-0.4, -0.2) is 65.4 Å². The third kappa shape index (κ3) is 7.43. The van der Waals surface area contributed by atoms with Crippen LogP contribution in [0.5, 0.6) is 5.75 Å². The van der Waals surface area contributed by atoms with E-state index in [9.17, 15) is 14.4 Å². The van der Waals surface area contributed by atoms with Gasteiger partial charge in [-0.15, -0.1) is 0 Å². The molecule has 1 saturated carbocycles. The molecular weight excluding hydrogens is 506 g/mol. The van der Waals surface area contributed by atoms with E-state index in [1.807, 2.05) is 29.2 Å². The number of rotatable bonds is 12. The van der Waals surface area contributed by atoms with Gasteiger partial charge in [0.15, 0.2) is 0 Å². The largest absolute Gasteiger partial charge is 0.497 e. The highest BCUT2D eigenvalue weighted by atomic mass is 16.5. The first-order chi connectivity index (χ1) is 19.4. The molecule has 1 unspecified atom stereocenters. The van der Waals surface area contributed by atoms with Crippen LogP contribution in [0.1, 0.15) is 76.0 Å². The predicted molar refractivity (Wildman–Crippen MR) is 154 cm³/mol. The number of urea groups is 1. The Hall–Kier alpha value is -3.36. The number of likely N-dealkylation sites (tertiary alicyclic amines) is 1. The number of nitrogens with zero attached hydrogens (tertiary/aromatic N) is 2. The predicted octanol–water partition coefficient (Wildman–Crippen LogP) is 4.43. The van der Waals surface area contributed by atoms with E-state index in [4.69, 9.17) is 4.74 Å². The molecule has 9 nitrogen and oxygen atoms in total. The highest BCUT2D eigenvalue weighted by Crippen LogP contribution is 2.47. The van der Waals surface area contributed by atoms with E-state index in [0.717, 1.165) is 36.3 Å². The van der Waals surface area contributed by atoms with Crippen LogP contribution in [0.2, 0.25) is 0 Å². The third-order valence-corrected chi connectivity index (χ3v) is 8.82. The van der Waals surface area contributed by atoms with Crippen molar-refractivity contribution in [2.75, 3.05) is 26.7 Å². The van der Waals surface area contributed by atoms with Crippen LogP contribution in [0.25, 0.3) is 0 Å². The van der Waals surface area contributed by atoms with E-state index in [1.54, 1.807) is 19.6 Å². The Morgan fingerprint density at radius 2 is 1.85 bits per heavy atom. The number of amides is 3. The van der Waals surface area contributed by atoms with Gasteiger partial charge in [-0.25, -0.2) is 9.78 Å². The van der Waals surface area contributed by atoms with Gasteiger partial charge >= 0.3 is 6.03 Å². The van der Waals surface area contributed by atoms with Gasteiger partial charge in [0.1, 0.15) is 17.6 Å². The Kier molecular flexibility index (Phi) is 10.6. The topological polar surface area (TPSA) is 116 Å². The van der Waals surface area contributed by atoms with Gasteiger partial charge < -0.3 is 25.3 Å². The molecule has 3 N–H and O–H groups in total. The fraction of sp³-hybridized carbons (Fsp3) is 0.613. The number of piperidine rings is 1. The summed E-state index contributed by atoms with van der Waals surface area (Å²) in [6.07, 6.45) is 13.1. The number of aromatic amines is 1. The van der Waals surface area contributed by atoms with Crippen molar-refractivity contribution in [3.8, 4) is 5.75 Å². The Morgan fingerprint density at radius 3 is 2.48 bits per heavy atom. The summed E-state index contributed by atoms with van der Waals surface area (Å²) in [7, 11) is 1.62. The maximum atomic E-state index is 13.9. The minimum Gasteiger partial charge on any atom is -0.497 e. The molecule has 40 heavy (non-hydrogen) atoms. The number of hydrogen-bond donors (Lipinski definition) is 3. The zero-order chi connectivity index (χ0) is 28.4. The Bertz CT molecular complexity index is 1090. The van der Waals surface area contributed by atoms with Crippen molar-refractivity contribution in [1.82, 2.24) is 25.5 Å². The van der Waals surface area contributed by atoms with Crippen LogP contribution in [0.15, 0.2) is 36.8 Å². The molecule has 0 bridgehead atoms. The molecule has 9 heteroatoms. The van der Waals surface area contributed by atoms with Crippen molar-refractivity contribution in [3.05, 3.63) is 48.0 Å². The zero-order valence-electron chi connectivity index (χ0n) is 24.0. The number of hydrogen-bond acceptors (Lipinski definition) is 5. The minimum atomic E-state index is -0.714. The van der Waals surface area contributed by atoms with E-state index >= 15 is 0 Å². The number of ketones is 1. The summed E-state index contributed by atoms with van der Waals surface area (Å²) in [5.41, 5.74) is 1.55. The minimum absolute atomic E-state index is 0.0975. The maximum absolute atomic E-state index is 13.9. The molecule has 2 aromatic rings. The smallest absolute Gasteiger partial charge is 0.315 e. The average Bonchev–Trinajstić information content (AvgIpc) is 3.51. The van der Waals surface area contributed by atoms with Gasteiger partial charge in [-0.1, -0.05) is 38.3 Å². The quantitative estimate of drug-likeness (QED) is 0.361. The van der Waals surface area contributed by atoms with Crippen molar-refractivity contribution in [2.24, 2.45) is 11.3 Å². The second-order valence-electron chi connectivity index (χ2n) is 11.3. The van der Waals surface area contributed by atoms with Crippen LogP contribution in [0.3, 0.4) is 0 Å². The standard InChI is InChI=1S/C31H45N5O4/c1-3-7-28(37)31(24-8-5-4-6-9-24)15-18-36(19-16-31)29(38)27(20-23-10-12-26(40-2)13-11-23)35-30(39)33-17-14-25-21-32-22-34-25/h10-13,21-22,24,27H,3-9,14-20H2,1-2H3,(H,32,34)(H2,33,35,39). The normalized spacial score (nSPS) is 18.1. The number of imidazole rings is 1. The Morgan fingerprint density at radius 1 is 1.12 bits per heavy atom. The van der Waals surface area contributed by atoms with Crippen molar-refractivity contribution in [2.45, 2.75) is 83.6 Å². The zero-order valence-corrected chi connectivity index (χ0v) is 24.0. The number of carbonyl (C=O) groups excluding carboxylic acids is 3. The number of nitrogens with one attached hydrogen (secondary N) is 3. The van der Waals surface area contributed by atoms with Gasteiger partial charge in [0.25, 0.3) is 0 Å². The van der Waals surface area contributed by atoms with Crippen LogP contribution < -0.4 is 15.4 Å². The van der Waals surface area contributed by atoms with Crippen molar-refractivity contribution in [3.63, 3.8) is 0 Å². The van der Waals surface area contributed by atoms with Crippen molar-refractivity contribution >= 4 is 17.7 Å². The van der Waals surface area contributed by atoms with E-state index in [-0.39, 0.29) is 17.4 Å². The molecule has 218 valence electrons. The molecule has 1 aliphatic carbocycles. The molecule has 3 amide bonds. The molecule has 1 aliphatic heterocycles. The summed E-state index contributed by atoms with van der Waals surface area (Å²) < 4.78 is 5.27. The molecule has 0 radical (unpaired) electrons. The van der Waals surface area contributed by atoms with Crippen LogP contribution in [0.4, 0.5) is 4.79 Å². The first kappa shape index (κ1) is 29.6. The monoisotopic (exact) mass is 551 g/mol. The summed E-state index contributed by atoms with van der Waals surface area (Å²) in [5, 5.41) is 5.80. The van der Waals surface area contributed by atoms with Gasteiger partial charge in [0, 0.05) is 56.2 Å². The molecule has 1 atom stereocenters. The average molecular weight is 552 g/mol. The molecular formula is C31H45N5O4. The lowest BCUT2D eigenvalue weighted by atomic mass is 9.61. The fourth-order valence-electron chi connectivity index (χ4n) is 6.53. The summed E-state index contributed by atoms with van der Waals surface area (Å²) in [4.78, 5) is 49.1. The second kappa shape index (κ2) is 14.3. The van der Waals surface area contributed by atoms with Gasteiger partial charge in [-0.3, -0.25) is 9.59 Å². The van der Waals surface area contributed by atoms with Gasteiger partial charge in [-0.2, -0.15) is 0 Å². The summed E-state index contributed by atoms with van der Waals surface area (Å²) >= 11 is 0. The number of methoxy groups -OCH3 is 1. The molecule has 1 aromatic heterocycles. The molecule has 0 spiro atoms. The van der Waals surface area contributed by atoms with Gasteiger partial charge in [0.2, 0.25) is 5.91 Å². The second-order valence-corrected chi connectivity index (χ2v) is 11.3. The Labute approximate surface area is 237 Å². The molecule has 2 aliphatic rings. The number of H-pyrrole nitrogens is 1. The summed E-state index contributed by atoms with van der Waals surface area (Å²) in [6.45, 7) is 3.59. The fourth-order valence-corrected chi connectivity index (χ4v) is 6.53. The van der Waals surface area contributed by atoms with E-state index in [0.29, 0.717) is 63.4 Å². The third-order valence-electron chi connectivity index (χ3n) is 8.82. The molecule has 4 rings (SSSR count). The number of ether oxygens (including phenoxy) is 1. The van der Waals surface area contributed by atoms with Crippen molar-refractivity contribution < 1.29 is 19.1 Å². The van der Waals surface area contributed by atoms with Gasteiger partial charge in [0.05, 0.1) is 13.4 Å². The lowest BCUT2D eigenvalue weighted by Crippen LogP contribution is -2.56. The first-order valence-corrected chi connectivity index (χ1v) is 14.9. The van der Waals surface area contributed by atoms with E-state index in [2.05, 4.69) is 27.5 Å². The van der Waals surface area contributed by atoms with Crippen molar-refractivity contribution in [1.29, 1.82) is 0 Å². The first-order valence-electron chi connectivity index (χ1n) is 14.9. The SMILES string of the molecule is CCCC(=O)C1(C2CCCCC2)CCN(C(=O)C(Cc2ccc(OC)cc2)NC(=O)NCCc2cnc[nH]2)CC1.